The second kappa shape index (κ2) is 8.28. The summed E-state index contributed by atoms with van der Waals surface area (Å²) in [6.07, 6.45) is 4.28. The van der Waals surface area contributed by atoms with Gasteiger partial charge < -0.3 is 5.32 Å². The third-order valence-electron chi connectivity index (χ3n) is 4.98. The quantitative estimate of drug-likeness (QED) is 0.685. The van der Waals surface area contributed by atoms with Crippen LogP contribution in [-0.2, 0) is 23.4 Å². The van der Waals surface area contributed by atoms with Crippen LogP contribution in [0.1, 0.15) is 57.3 Å². The molecule has 1 unspecified atom stereocenters. The van der Waals surface area contributed by atoms with Crippen molar-refractivity contribution in [1.82, 2.24) is 30.4 Å². The zero-order chi connectivity index (χ0) is 19.3. The molecule has 0 saturated carbocycles. The molecule has 1 aromatic carbocycles. The lowest BCUT2D eigenvalue weighted by Crippen LogP contribution is -2.44. The molecular formula is C19H26N6O2. The second-order valence-corrected chi connectivity index (χ2v) is 6.87. The van der Waals surface area contributed by atoms with Crippen LogP contribution in [0.15, 0.2) is 30.3 Å². The molecule has 0 spiro atoms. The lowest BCUT2D eigenvalue weighted by atomic mass is 9.85. The van der Waals surface area contributed by atoms with Gasteiger partial charge in [0.05, 0.1) is 6.54 Å². The van der Waals surface area contributed by atoms with Crippen LogP contribution in [0.3, 0.4) is 0 Å². The first-order valence-electron chi connectivity index (χ1n) is 9.57. The number of tetrazole rings is 1. The van der Waals surface area contributed by atoms with Crippen molar-refractivity contribution in [2.75, 3.05) is 0 Å². The average molecular weight is 370 g/mol. The van der Waals surface area contributed by atoms with Crippen molar-refractivity contribution in [2.24, 2.45) is 0 Å². The number of rotatable bonds is 9. The van der Waals surface area contributed by atoms with Crippen molar-refractivity contribution in [3.05, 3.63) is 41.7 Å². The molecule has 1 saturated heterocycles. The van der Waals surface area contributed by atoms with E-state index in [9.17, 15) is 9.59 Å². The molecule has 1 aliphatic rings. The lowest BCUT2D eigenvalue weighted by Gasteiger charge is -2.27. The maximum atomic E-state index is 13.4. The predicted octanol–water partition coefficient (Wildman–Crippen LogP) is 2.61. The molecule has 1 fully saturated rings. The minimum Gasteiger partial charge on any atom is -0.319 e. The Morgan fingerprint density at radius 3 is 2.52 bits per heavy atom. The molecule has 2 aromatic rings. The molecule has 0 bridgehead atoms. The summed E-state index contributed by atoms with van der Waals surface area (Å²) in [4.78, 5) is 27.3. The highest BCUT2D eigenvalue weighted by atomic mass is 16.2. The first-order valence-corrected chi connectivity index (χ1v) is 9.57. The van der Waals surface area contributed by atoms with Gasteiger partial charge in [-0.15, -0.1) is 5.10 Å². The molecule has 3 rings (SSSR count). The molecular weight excluding hydrogens is 344 g/mol. The Morgan fingerprint density at radius 1 is 1.07 bits per heavy atom. The number of hydrogen-bond acceptors (Lipinski definition) is 5. The van der Waals surface area contributed by atoms with E-state index in [2.05, 4.69) is 34.7 Å². The monoisotopic (exact) mass is 370 g/mol. The normalized spacial score (nSPS) is 19.6. The van der Waals surface area contributed by atoms with Crippen LogP contribution >= 0.6 is 0 Å². The van der Waals surface area contributed by atoms with Crippen molar-refractivity contribution in [2.45, 2.75) is 64.6 Å². The summed E-state index contributed by atoms with van der Waals surface area (Å²) in [5.74, 6) is 0.281. The second-order valence-electron chi connectivity index (χ2n) is 6.87. The van der Waals surface area contributed by atoms with Crippen molar-refractivity contribution in [1.29, 1.82) is 0 Å². The summed E-state index contributed by atoms with van der Waals surface area (Å²) in [5, 5.41) is 14.6. The molecule has 0 radical (unpaired) electrons. The maximum absolute atomic E-state index is 13.4. The zero-order valence-electron chi connectivity index (χ0n) is 15.9. The van der Waals surface area contributed by atoms with Gasteiger partial charge in [-0.1, -0.05) is 63.4 Å². The summed E-state index contributed by atoms with van der Waals surface area (Å²) in [5.41, 5.74) is -0.208. The third-order valence-corrected chi connectivity index (χ3v) is 4.98. The largest absolute Gasteiger partial charge is 0.325 e. The summed E-state index contributed by atoms with van der Waals surface area (Å²) in [6, 6.07) is 9.06. The van der Waals surface area contributed by atoms with Crippen LogP contribution < -0.4 is 5.32 Å². The van der Waals surface area contributed by atoms with Gasteiger partial charge in [0.1, 0.15) is 5.54 Å². The summed E-state index contributed by atoms with van der Waals surface area (Å²) >= 11 is 0. The number of urea groups is 1. The molecule has 8 heteroatoms. The molecule has 0 aliphatic carbocycles. The highest BCUT2D eigenvalue weighted by molar-refractivity contribution is 6.07. The van der Waals surface area contributed by atoms with E-state index in [-0.39, 0.29) is 12.5 Å². The van der Waals surface area contributed by atoms with Gasteiger partial charge in [0.2, 0.25) is 0 Å². The summed E-state index contributed by atoms with van der Waals surface area (Å²) < 4.78 is 1.67. The Kier molecular flexibility index (Phi) is 5.83. The highest BCUT2D eigenvalue weighted by Crippen LogP contribution is 2.34. The average Bonchev–Trinajstić information content (AvgIpc) is 3.23. The van der Waals surface area contributed by atoms with Gasteiger partial charge in [-0.3, -0.25) is 9.69 Å². The number of imide groups is 1. The number of nitrogens with zero attached hydrogens (tertiary/aromatic N) is 5. The predicted molar refractivity (Wildman–Crippen MR) is 99.5 cm³/mol. The molecule has 1 aromatic heterocycles. The van der Waals surface area contributed by atoms with E-state index in [4.69, 9.17) is 0 Å². The Hall–Kier alpha value is -2.77. The van der Waals surface area contributed by atoms with Gasteiger partial charge in [0.15, 0.2) is 5.82 Å². The zero-order valence-corrected chi connectivity index (χ0v) is 15.9. The number of nitrogens with one attached hydrogen (secondary N) is 1. The van der Waals surface area contributed by atoms with Crippen LogP contribution in [0, 0.1) is 0 Å². The Balaban J connectivity index is 1.87. The van der Waals surface area contributed by atoms with E-state index in [1.54, 1.807) is 4.68 Å². The molecule has 1 aliphatic heterocycles. The molecule has 1 N–H and O–H groups in total. The van der Waals surface area contributed by atoms with Crippen molar-refractivity contribution >= 4 is 11.9 Å². The molecule has 3 amide bonds. The fourth-order valence-electron chi connectivity index (χ4n) is 3.40. The van der Waals surface area contributed by atoms with Gasteiger partial charge in [-0.05, 0) is 28.8 Å². The molecule has 2 heterocycles. The SMILES string of the molecule is CCCCn1nnnc1CN1C(=O)NC(CCCC)(c2ccccc2)C1=O. The lowest BCUT2D eigenvalue weighted by molar-refractivity contribution is -0.132. The molecule has 27 heavy (non-hydrogen) atoms. The number of amides is 3. The van der Waals surface area contributed by atoms with Crippen LogP contribution in [-0.4, -0.2) is 37.0 Å². The number of carbonyl (C=O) groups is 2. The highest BCUT2D eigenvalue weighted by Gasteiger charge is 2.52. The fourth-order valence-corrected chi connectivity index (χ4v) is 3.40. The van der Waals surface area contributed by atoms with Gasteiger partial charge >= 0.3 is 6.03 Å². The van der Waals surface area contributed by atoms with Crippen LogP contribution in [0.5, 0.6) is 0 Å². The van der Waals surface area contributed by atoms with Crippen LogP contribution in [0.2, 0.25) is 0 Å². The van der Waals surface area contributed by atoms with E-state index in [1.807, 2.05) is 30.3 Å². The van der Waals surface area contributed by atoms with Crippen LogP contribution in [0.4, 0.5) is 4.79 Å². The Bertz CT molecular complexity index is 791. The first kappa shape index (κ1) is 19.0. The van der Waals surface area contributed by atoms with Gasteiger partial charge in [-0.25, -0.2) is 9.48 Å². The van der Waals surface area contributed by atoms with Crippen molar-refractivity contribution < 1.29 is 9.59 Å². The Morgan fingerprint density at radius 2 is 1.81 bits per heavy atom. The van der Waals surface area contributed by atoms with Gasteiger partial charge in [-0.2, -0.15) is 0 Å². The standard InChI is InChI=1S/C19H26N6O2/c1-3-5-12-19(15-10-8-7-9-11-15)17(26)24(18(27)20-19)14-16-21-22-23-25(16)13-6-4-2/h7-11H,3-6,12-14H2,1-2H3,(H,20,27). The third kappa shape index (κ3) is 3.70. The van der Waals surface area contributed by atoms with E-state index >= 15 is 0 Å². The smallest absolute Gasteiger partial charge is 0.319 e. The molecule has 144 valence electrons. The van der Waals surface area contributed by atoms with E-state index in [0.29, 0.717) is 18.8 Å². The van der Waals surface area contributed by atoms with E-state index in [0.717, 1.165) is 31.2 Å². The molecule has 1 atom stereocenters. The first-order chi connectivity index (χ1) is 13.1. The van der Waals surface area contributed by atoms with Crippen molar-refractivity contribution in [3.8, 4) is 0 Å². The topological polar surface area (TPSA) is 93.0 Å². The number of aromatic nitrogens is 4. The number of carbonyl (C=O) groups excluding carboxylic acids is 2. The minimum atomic E-state index is -1.02. The Labute approximate surface area is 158 Å². The fraction of sp³-hybridized carbons (Fsp3) is 0.526. The number of aryl methyl sites for hydroxylation is 1. The minimum absolute atomic E-state index is 0.0715. The van der Waals surface area contributed by atoms with Gasteiger partial charge in [0.25, 0.3) is 5.91 Å². The van der Waals surface area contributed by atoms with Crippen LogP contribution in [0.25, 0.3) is 0 Å². The molecule has 8 nitrogen and oxygen atoms in total. The summed E-state index contributed by atoms with van der Waals surface area (Å²) in [6.45, 7) is 4.90. The number of hydrogen-bond donors (Lipinski definition) is 1. The number of unbranched alkanes of at least 4 members (excludes halogenated alkanes) is 2. The van der Waals surface area contributed by atoms with Crippen molar-refractivity contribution in [3.63, 3.8) is 0 Å². The summed E-state index contributed by atoms with van der Waals surface area (Å²) in [7, 11) is 0. The van der Waals surface area contributed by atoms with Gasteiger partial charge in [0, 0.05) is 6.54 Å². The van der Waals surface area contributed by atoms with E-state index in [1.165, 1.54) is 4.90 Å². The van der Waals surface area contributed by atoms with E-state index < -0.39 is 11.6 Å². The maximum Gasteiger partial charge on any atom is 0.325 e. The number of benzene rings is 1.